The summed E-state index contributed by atoms with van der Waals surface area (Å²) in [5.74, 6) is 0.274. The normalized spacial score (nSPS) is 12.0. The lowest BCUT2D eigenvalue weighted by Gasteiger charge is -2.19. The largest absolute Gasteiger partial charge is 0.350 e. The quantitative estimate of drug-likeness (QED) is 0.176. The van der Waals surface area contributed by atoms with Crippen molar-refractivity contribution in [2.45, 2.75) is 19.5 Å². The Morgan fingerprint density at radius 1 is 0.889 bits per heavy atom. The van der Waals surface area contributed by atoms with E-state index in [0.29, 0.717) is 28.1 Å². The van der Waals surface area contributed by atoms with Crippen molar-refractivity contribution in [3.8, 4) is 22.5 Å². The molecule has 4 aromatic carbocycles. The van der Waals surface area contributed by atoms with Crippen LogP contribution in [0.1, 0.15) is 34.6 Å². The van der Waals surface area contributed by atoms with Gasteiger partial charge in [-0.2, -0.15) is 5.10 Å². The molecule has 0 bridgehead atoms. The Bertz CT molecular complexity index is 2110. The zero-order valence-corrected chi connectivity index (χ0v) is 25.8. The Hall–Kier alpha value is -5.11. The molecule has 7 nitrogen and oxygen atoms in total. The highest BCUT2D eigenvalue weighted by Gasteiger charge is 2.28. The van der Waals surface area contributed by atoms with Gasteiger partial charge in [0.15, 0.2) is 0 Å². The SMILES string of the molecule is C[C@@H](c1ccc(Cl)cc1)n1cnc(-c2ccccc2)c1-c1c(C(=O)Nc2ccnn2Cc2ccccc2)[nH]c2cc(Cl)ccc12. The van der Waals surface area contributed by atoms with Crippen LogP contribution in [0.5, 0.6) is 0 Å². The maximum atomic E-state index is 14.3. The maximum absolute atomic E-state index is 14.3. The number of nitrogens with zero attached hydrogens (tertiary/aromatic N) is 4. The van der Waals surface area contributed by atoms with Gasteiger partial charge in [-0.05, 0) is 42.3 Å². The number of amides is 1. The first-order valence-electron chi connectivity index (χ1n) is 14.5. The zero-order chi connectivity index (χ0) is 30.9. The molecule has 3 aromatic heterocycles. The molecule has 0 fully saturated rings. The molecule has 7 rings (SSSR count). The molecule has 7 aromatic rings. The number of anilines is 1. The summed E-state index contributed by atoms with van der Waals surface area (Å²) >= 11 is 12.7. The van der Waals surface area contributed by atoms with E-state index in [1.165, 1.54) is 0 Å². The topological polar surface area (TPSA) is 80.5 Å². The number of benzene rings is 4. The molecule has 1 atom stereocenters. The smallest absolute Gasteiger partial charge is 0.273 e. The van der Waals surface area contributed by atoms with E-state index in [0.717, 1.165) is 44.5 Å². The minimum atomic E-state index is -0.307. The first-order valence-corrected chi connectivity index (χ1v) is 15.3. The summed E-state index contributed by atoms with van der Waals surface area (Å²) in [7, 11) is 0. The standard InChI is InChI=1S/C36H28Cl2N6O/c1-23(25-12-14-27(37)15-13-25)43-22-39-33(26-10-6-3-7-11-26)35(43)32-29-17-16-28(38)20-30(29)41-34(32)36(45)42-31-18-19-40-44(31)21-24-8-4-2-5-9-24/h2-20,22-23,41H,21H2,1H3,(H,42,45)/t23-/m0/s1. The molecule has 2 N–H and O–H groups in total. The third kappa shape index (κ3) is 5.64. The van der Waals surface area contributed by atoms with Crippen molar-refractivity contribution in [3.63, 3.8) is 0 Å². The molecular formula is C36H28Cl2N6O. The lowest BCUT2D eigenvalue weighted by Crippen LogP contribution is -2.18. The van der Waals surface area contributed by atoms with Gasteiger partial charge < -0.3 is 14.9 Å². The molecule has 222 valence electrons. The van der Waals surface area contributed by atoms with Gasteiger partial charge in [-0.15, -0.1) is 0 Å². The van der Waals surface area contributed by atoms with E-state index in [1.54, 1.807) is 16.9 Å². The Morgan fingerprint density at radius 3 is 2.36 bits per heavy atom. The maximum Gasteiger partial charge on any atom is 0.273 e. The minimum Gasteiger partial charge on any atom is -0.350 e. The highest BCUT2D eigenvalue weighted by atomic mass is 35.5. The van der Waals surface area contributed by atoms with Crippen LogP contribution in [-0.2, 0) is 6.54 Å². The fourth-order valence-electron chi connectivity index (χ4n) is 5.70. The number of nitrogens with one attached hydrogen (secondary N) is 2. The summed E-state index contributed by atoms with van der Waals surface area (Å²) in [4.78, 5) is 22.6. The zero-order valence-electron chi connectivity index (χ0n) is 24.3. The fourth-order valence-corrected chi connectivity index (χ4v) is 6.00. The summed E-state index contributed by atoms with van der Waals surface area (Å²) < 4.78 is 3.88. The highest BCUT2D eigenvalue weighted by molar-refractivity contribution is 6.31. The van der Waals surface area contributed by atoms with Gasteiger partial charge in [0.1, 0.15) is 11.5 Å². The highest BCUT2D eigenvalue weighted by Crippen LogP contribution is 2.41. The number of aromatic amines is 1. The third-order valence-electron chi connectivity index (χ3n) is 7.97. The van der Waals surface area contributed by atoms with Crippen LogP contribution >= 0.6 is 23.2 Å². The second-order valence-corrected chi connectivity index (χ2v) is 11.7. The van der Waals surface area contributed by atoms with E-state index in [1.807, 2.05) is 109 Å². The monoisotopic (exact) mass is 630 g/mol. The van der Waals surface area contributed by atoms with Gasteiger partial charge in [0, 0.05) is 38.1 Å². The molecule has 0 spiro atoms. The number of fused-ring (bicyclic) bond motifs is 1. The van der Waals surface area contributed by atoms with E-state index >= 15 is 0 Å². The predicted octanol–water partition coefficient (Wildman–Crippen LogP) is 9.11. The van der Waals surface area contributed by atoms with Crippen LogP contribution in [0.3, 0.4) is 0 Å². The number of hydrogen-bond donors (Lipinski definition) is 2. The van der Waals surface area contributed by atoms with Gasteiger partial charge in [-0.25, -0.2) is 9.67 Å². The van der Waals surface area contributed by atoms with E-state index in [2.05, 4.69) is 26.9 Å². The molecule has 0 unspecified atom stereocenters. The second-order valence-electron chi connectivity index (χ2n) is 10.8. The average Bonchev–Trinajstić information content (AvgIpc) is 3.78. The van der Waals surface area contributed by atoms with Crippen LogP contribution in [-0.4, -0.2) is 30.2 Å². The summed E-state index contributed by atoms with van der Waals surface area (Å²) in [6.45, 7) is 2.62. The number of H-pyrrole nitrogens is 1. The van der Waals surface area contributed by atoms with Gasteiger partial charge in [0.2, 0.25) is 0 Å². The van der Waals surface area contributed by atoms with Gasteiger partial charge in [-0.1, -0.05) is 102 Å². The Kier molecular flexibility index (Phi) is 7.71. The van der Waals surface area contributed by atoms with Gasteiger partial charge in [0.05, 0.1) is 36.5 Å². The molecule has 9 heteroatoms. The molecule has 0 saturated carbocycles. The summed E-state index contributed by atoms with van der Waals surface area (Å²) in [5, 5.41) is 9.65. The number of rotatable bonds is 8. The first-order chi connectivity index (χ1) is 22.0. The van der Waals surface area contributed by atoms with Gasteiger partial charge >= 0.3 is 0 Å². The molecule has 0 aliphatic carbocycles. The first kappa shape index (κ1) is 28.6. The lowest BCUT2D eigenvalue weighted by molar-refractivity contribution is 0.102. The van der Waals surface area contributed by atoms with Crippen LogP contribution < -0.4 is 5.32 Å². The number of halogens is 2. The molecule has 1 amide bonds. The fraction of sp³-hybridized carbons (Fsp3) is 0.0833. The predicted molar refractivity (Wildman–Crippen MR) is 181 cm³/mol. The second kappa shape index (κ2) is 12.1. The van der Waals surface area contributed by atoms with Crippen molar-refractivity contribution in [1.82, 2.24) is 24.3 Å². The summed E-state index contributed by atoms with van der Waals surface area (Å²) in [5.41, 5.74) is 6.49. The van der Waals surface area contributed by atoms with Gasteiger partial charge in [-0.3, -0.25) is 4.79 Å². The average molecular weight is 632 g/mol. The lowest BCUT2D eigenvalue weighted by atomic mass is 9.99. The van der Waals surface area contributed by atoms with Crippen molar-refractivity contribution >= 4 is 45.8 Å². The number of imidazole rings is 1. The van der Waals surface area contributed by atoms with Crippen molar-refractivity contribution in [3.05, 3.63) is 149 Å². The number of aromatic nitrogens is 5. The molecular weight excluding hydrogens is 603 g/mol. The Morgan fingerprint density at radius 2 is 1.60 bits per heavy atom. The van der Waals surface area contributed by atoms with Crippen molar-refractivity contribution < 1.29 is 4.79 Å². The molecule has 3 heterocycles. The van der Waals surface area contributed by atoms with Crippen LogP contribution in [0.15, 0.2) is 122 Å². The van der Waals surface area contributed by atoms with Crippen LogP contribution in [0.2, 0.25) is 10.0 Å². The number of carbonyl (C=O) groups excluding carboxylic acids is 1. The van der Waals surface area contributed by atoms with Crippen LogP contribution in [0, 0.1) is 0 Å². The molecule has 0 saturated heterocycles. The molecule has 45 heavy (non-hydrogen) atoms. The van der Waals surface area contributed by atoms with E-state index in [4.69, 9.17) is 28.2 Å². The molecule has 0 radical (unpaired) electrons. The van der Waals surface area contributed by atoms with E-state index in [9.17, 15) is 4.79 Å². The summed E-state index contributed by atoms with van der Waals surface area (Å²) in [6.07, 6.45) is 3.52. The number of carbonyl (C=O) groups is 1. The Labute approximate surface area is 270 Å². The van der Waals surface area contributed by atoms with Crippen molar-refractivity contribution in [2.75, 3.05) is 5.32 Å². The minimum absolute atomic E-state index is 0.123. The van der Waals surface area contributed by atoms with Crippen molar-refractivity contribution in [1.29, 1.82) is 0 Å². The molecule has 0 aliphatic heterocycles. The van der Waals surface area contributed by atoms with E-state index < -0.39 is 0 Å². The third-order valence-corrected chi connectivity index (χ3v) is 8.46. The molecule has 0 aliphatic rings. The summed E-state index contributed by atoms with van der Waals surface area (Å²) in [6, 6.07) is 35.1. The van der Waals surface area contributed by atoms with Crippen LogP contribution in [0.25, 0.3) is 33.4 Å². The van der Waals surface area contributed by atoms with Crippen LogP contribution in [0.4, 0.5) is 5.82 Å². The number of hydrogen-bond acceptors (Lipinski definition) is 3. The van der Waals surface area contributed by atoms with Gasteiger partial charge in [0.25, 0.3) is 5.91 Å². The van der Waals surface area contributed by atoms with Crippen molar-refractivity contribution in [2.24, 2.45) is 0 Å². The Balaban J connectivity index is 1.38. The van der Waals surface area contributed by atoms with E-state index in [-0.39, 0.29) is 11.9 Å².